The minimum absolute atomic E-state index is 0.0647. The van der Waals surface area contributed by atoms with Gasteiger partial charge in [0.25, 0.3) is 0 Å². The summed E-state index contributed by atoms with van der Waals surface area (Å²) in [5.41, 5.74) is 5.62. The lowest BCUT2D eigenvalue weighted by Crippen LogP contribution is -2.28. The minimum atomic E-state index is -0.185. The minimum Gasteiger partial charge on any atom is -0.393 e. The van der Waals surface area contributed by atoms with Gasteiger partial charge in [0.2, 0.25) is 0 Å². The molecule has 0 aromatic heterocycles. The summed E-state index contributed by atoms with van der Waals surface area (Å²) in [6.07, 6.45) is 18.4. The lowest BCUT2D eigenvalue weighted by atomic mass is 9.71. The average Bonchev–Trinajstić information content (AvgIpc) is 2.44. The van der Waals surface area contributed by atoms with Crippen molar-refractivity contribution in [2.45, 2.75) is 65.9 Å². The van der Waals surface area contributed by atoms with E-state index in [4.69, 9.17) is 0 Å². The van der Waals surface area contributed by atoms with Gasteiger partial charge in [-0.1, -0.05) is 67.0 Å². The molecule has 0 heterocycles. The molecule has 0 unspecified atom stereocenters. The highest BCUT2D eigenvalue weighted by atomic mass is 16.3. The molecular weight excluding hydrogens is 268 g/mol. The SMILES string of the molecule is CC(=CCC1=CC=CCC1)/C=C/C1=C(C)C[C@@H](O)CC1(C)C. The highest BCUT2D eigenvalue weighted by Crippen LogP contribution is 2.41. The van der Waals surface area contributed by atoms with E-state index in [9.17, 15) is 5.11 Å². The summed E-state index contributed by atoms with van der Waals surface area (Å²) in [5.74, 6) is 0. The van der Waals surface area contributed by atoms with Gasteiger partial charge in [-0.25, -0.2) is 0 Å². The molecule has 1 N–H and O–H groups in total. The maximum atomic E-state index is 9.96. The Morgan fingerprint density at radius 1 is 1.41 bits per heavy atom. The van der Waals surface area contributed by atoms with Crippen molar-refractivity contribution in [2.75, 3.05) is 0 Å². The van der Waals surface area contributed by atoms with Crippen molar-refractivity contribution in [3.05, 3.63) is 58.7 Å². The molecule has 0 aliphatic heterocycles. The van der Waals surface area contributed by atoms with Crippen molar-refractivity contribution in [3.8, 4) is 0 Å². The second kappa shape index (κ2) is 7.28. The van der Waals surface area contributed by atoms with Gasteiger partial charge in [-0.15, -0.1) is 0 Å². The normalized spacial score (nSPS) is 25.8. The lowest BCUT2D eigenvalue weighted by molar-refractivity contribution is 0.116. The van der Waals surface area contributed by atoms with Crippen LogP contribution in [0.25, 0.3) is 0 Å². The van der Waals surface area contributed by atoms with E-state index in [1.165, 1.54) is 35.1 Å². The summed E-state index contributed by atoms with van der Waals surface area (Å²) in [7, 11) is 0. The first kappa shape index (κ1) is 17.0. The lowest BCUT2D eigenvalue weighted by Gasteiger charge is -2.35. The Balaban J connectivity index is 2.05. The Hall–Kier alpha value is -1.34. The first-order valence-electron chi connectivity index (χ1n) is 8.46. The molecule has 2 rings (SSSR count). The molecular formula is C21H30O. The van der Waals surface area contributed by atoms with Crippen LogP contribution in [0.15, 0.2) is 58.7 Å². The molecule has 1 heteroatoms. The van der Waals surface area contributed by atoms with Gasteiger partial charge in [0, 0.05) is 0 Å². The second-order valence-electron chi connectivity index (χ2n) is 7.42. The van der Waals surface area contributed by atoms with Crippen molar-refractivity contribution in [3.63, 3.8) is 0 Å². The maximum Gasteiger partial charge on any atom is 0.0585 e. The van der Waals surface area contributed by atoms with Crippen LogP contribution in [0.3, 0.4) is 0 Å². The van der Waals surface area contributed by atoms with Crippen molar-refractivity contribution in [1.29, 1.82) is 0 Å². The van der Waals surface area contributed by atoms with Crippen LogP contribution in [-0.4, -0.2) is 11.2 Å². The Bertz CT molecular complexity index is 552. The Kier molecular flexibility index (Phi) is 5.63. The molecule has 0 aromatic carbocycles. The molecule has 1 atom stereocenters. The van der Waals surface area contributed by atoms with E-state index in [-0.39, 0.29) is 11.5 Å². The van der Waals surface area contributed by atoms with Crippen LogP contribution in [0.4, 0.5) is 0 Å². The number of hydrogen-bond donors (Lipinski definition) is 1. The number of hydrogen-bond acceptors (Lipinski definition) is 1. The van der Waals surface area contributed by atoms with Gasteiger partial charge in [0.15, 0.2) is 0 Å². The number of allylic oxidation sites excluding steroid dienone is 9. The predicted molar refractivity (Wildman–Crippen MR) is 95.7 cm³/mol. The van der Waals surface area contributed by atoms with Gasteiger partial charge in [0.05, 0.1) is 6.10 Å². The summed E-state index contributed by atoms with van der Waals surface area (Å²) in [4.78, 5) is 0. The fourth-order valence-electron chi connectivity index (χ4n) is 3.58. The quantitative estimate of drug-likeness (QED) is 0.665. The zero-order chi connectivity index (χ0) is 16.2. The summed E-state index contributed by atoms with van der Waals surface area (Å²) in [6.45, 7) is 8.80. The third-order valence-electron chi connectivity index (χ3n) is 4.78. The summed E-state index contributed by atoms with van der Waals surface area (Å²) >= 11 is 0. The molecule has 2 aliphatic carbocycles. The van der Waals surface area contributed by atoms with Gasteiger partial charge in [0.1, 0.15) is 0 Å². The fraction of sp³-hybridized carbons (Fsp3) is 0.524. The van der Waals surface area contributed by atoms with Crippen LogP contribution >= 0.6 is 0 Å². The number of rotatable bonds is 4. The van der Waals surface area contributed by atoms with Crippen LogP contribution in [0.1, 0.15) is 59.8 Å². The highest BCUT2D eigenvalue weighted by molar-refractivity contribution is 5.37. The van der Waals surface area contributed by atoms with E-state index in [1.54, 1.807) is 0 Å². The van der Waals surface area contributed by atoms with E-state index in [0.29, 0.717) is 0 Å². The third-order valence-corrected chi connectivity index (χ3v) is 4.78. The largest absolute Gasteiger partial charge is 0.393 e. The van der Waals surface area contributed by atoms with E-state index >= 15 is 0 Å². The molecule has 22 heavy (non-hydrogen) atoms. The monoisotopic (exact) mass is 298 g/mol. The first-order valence-corrected chi connectivity index (χ1v) is 8.46. The first-order chi connectivity index (χ1) is 10.4. The van der Waals surface area contributed by atoms with E-state index in [2.05, 4.69) is 64.2 Å². The standard InChI is InChI=1S/C21H30O/c1-16(10-12-18-8-6-5-7-9-18)11-13-20-17(2)14-19(22)15-21(20,3)4/h5-6,8,10-11,13,19,22H,7,9,12,14-15H2,1-4H3/b13-11+,16-10?/t19-/m1/s1. The Morgan fingerprint density at radius 3 is 2.82 bits per heavy atom. The zero-order valence-corrected chi connectivity index (χ0v) is 14.5. The van der Waals surface area contributed by atoms with E-state index < -0.39 is 0 Å². The van der Waals surface area contributed by atoms with Crippen molar-refractivity contribution >= 4 is 0 Å². The van der Waals surface area contributed by atoms with Gasteiger partial charge < -0.3 is 5.11 Å². The summed E-state index contributed by atoms with van der Waals surface area (Å²) in [5, 5.41) is 9.96. The third kappa shape index (κ3) is 4.58. The predicted octanol–water partition coefficient (Wildman–Crippen LogP) is 5.65. The van der Waals surface area contributed by atoms with Gasteiger partial charge in [-0.2, -0.15) is 0 Å². The van der Waals surface area contributed by atoms with Crippen LogP contribution in [-0.2, 0) is 0 Å². The molecule has 0 spiro atoms. The molecule has 2 aliphatic rings. The molecule has 0 saturated heterocycles. The van der Waals surface area contributed by atoms with Crippen LogP contribution in [0.5, 0.6) is 0 Å². The average molecular weight is 298 g/mol. The number of aliphatic hydroxyl groups excluding tert-OH is 1. The summed E-state index contributed by atoms with van der Waals surface area (Å²) in [6, 6.07) is 0. The highest BCUT2D eigenvalue weighted by Gasteiger charge is 2.31. The molecule has 0 aromatic rings. The zero-order valence-electron chi connectivity index (χ0n) is 14.5. The van der Waals surface area contributed by atoms with Crippen molar-refractivity contribution in [1.82, 2.24) is 0 Å². The van der Waals surface area contributed by atoms with Crippen molar-refractivity contribution < 1.29 is 5.11 Å². The molecule has 0 bridgehead atoms. The van der Waals surface area contributed by atoms with Crippen LogP contribution in [0, 0.1) is 5.41 Å². The Labute approximate surface area is 135 Å². The van der Waals surface area contributed by atoms with Gasteiger partial charge in [-0.3, -0.25) is 0 Å². The van der Waals surface area contributed by atoms with Crippen LogP contribution in [0.2, 0.25) is 0 Å². The smallest absolute Gasteiger partial charge is 0.0585 e. The second-order valence-corrected chi connectivity index (χ2v) is 7.42. The van der Waals surface area contributed by atoms with E-state index in [1.807, 2.05) is 0 Å². The van der Waals surface area contributed by atoms with Gasteiger partial charge >= 0.3 is 0 Å². The number of aliphatic hydroxyl groups is 1. The topological polar surface area (TPSA) is 20.2 Å². The molecule has 0 saturated carbocycles. The molecule has 120 valence electrons. The summed E-state index contributed by atoms with van der Waals surface area (Å²) < 4.78 is 0. The Morgan fingerprint density at radius 2 is 2.18 bits per heavy atom. The maximum absolute atomic E-state index is 9.96. The van der Waals surface area contributed by atoms with Crippen molar-refractivity contribution in [2.24, 2.45) is 5.41 Å². The van der Waals surface area contributed by atoms with E-state index in [0.717, 1.165) is 19.3 Å². The molecule has 0 radical (unpaired) electrons. The molecule has 0 amide bonds. The van der Waals surface area contributed by atoms with Gasteiger partial charge in [-0.05, 0) is 56.9 Å². The fourth-order valence-corrected chi connectivity index (χ4v) is 3.58. The van der Waals surface area contributed by atoms with Crippen LogP contribution < -0.4 is 0 Å². The molecule has 0 fully saturated rings. The molecule has 1 nitrogen and oxygen atoms in total.